The van der Waals surface area contributed by atoms with Crippen LogP contribution in [0.2, 0.25) is 0 Å². The quantitative estimate of drug-likeness (QED) is 0.467. The number of rotatable bonds is 4. The molecule has 1 nitrogen and oxygen atoms in total. The molecule has 0 fully saturated rings. The summed E-state index contributed by atoms with van der Waals surface area (Å²) in [5.41, 5.74) is 5.34. The number of hydrogen-bond acceptors (Lipinski definition) is 1. The van der Waals surface area contributed by atoms with E-state index in [9.17, 15) is 5.11 Å². The van der Waals surface area contributed by atoms with Crippen molar-refractivity contribution >= 4 is 0 Å². The molecule has 0 amide bonds. The molecule has 1 aliphatic rings. The third kappa shape index (κ3) is 5.41. The van der Waals surface area contributed by atoms with E-state index in [1.807, 2.05) is 32.9 Å². The molecule has 0 saturated heterocycles. The zero-order valence-electron chi connectivity index (χ0n) is 14.5. The maximum Gasteiger partial charge on any atom is 0.116 e. The minimum Gasteiger partial charge on any atom is -0.508 e. The first-order valence-corrected chi connectivity index (χ1v) is 7.86. The highest BCUT2D eigenvalue weighted by molar-refractivity contribution is 5.37. The first-order valence-electron chi connectivity index (χ1n) is 7.86. The van der Waals surface area contributed by atoms with Gasteiger partial charge in [0.2, 0.25) is 0 Å². The second kappa shape index (κ2) is 7.49. The van der Waals surface area contributed by atoms with Gasteiger partial charge in [-0.3, -0.25) is 0 Å². The van der Waals surface area contributed by atoms with Gasteiger partial charge in [0.1, 0.15) is 5.76 Å². The van der Waals surface area contributed by atoms with Crippen LogP contribution in [-0.4, -0.2) is 5.11 Å². The number of allylic oxidation sites excluding steroid dienone is 9. The lowest BCUT2D eigenvalue weighted by atomic mass is 9.72. The van der Waals surface area contributed by atoms with Crippen LogP contribution in [0.4, 0.5) is 0 Å². The van der Waals surface area contributed by atoms with Crippen LogP contribution >= 0.6 is 0 Å². The number of hydrogen-bond donors (Lipinski definition) is 1. The monoisotopic (exact) mass is 286 g/mol. The van der Waals surface area contributed by atoms with Crippen molar-refractivity contribution in [3.05, 3.63) is 58.4 Å². The average Bonchev–Trinajstić information content (AvgIpc) is 2.36. The maximum atomic E-state index is 9.91. The lowest BCUT2D eigenvalue weighted by Crippen LogP contribution is -2.19. The normalized spacial score (nSPS) is 21.3. The summed E-state index contributed by atoms with van der Waals surface area (Å²) in [7, 11) is 0. The van der Waals surface area contributed by atoms with Crippen molar-refractivity contribution in [1.82, 2.24) is 0 Å². The van der Waals surface area contributed by atoms with E-state index < -0.39 is 0 Å². The van der Waals surface area contributed by atoms with E-state index in [-0.39, 0.29) is 5.41 Å². The van der Waals surface area contributed by atoms with Gasteiger partial charge in [-0.05, 0) is 75.7 Å². The van der Waals surface area contributed by atoms with Gasteiger partial charge in [-0.1, -0.05) is 43.2 Å². The molecular formula is C20H30O. The van der Waals surface area contributed by atoms with Gasteiger partial charge in [-0.2, -0.15) is 0 Å². The third-order valence-corrected chi connectivity index (χ3v) is 4.26. The van der Waals surface area contributed by atoms with Crippen molar-refractivity contribution in [3.8, 4) is 0 Å². The van der Waals surface area contributed by atoms with Crippen molar-refractivity contribution in [3.63, 3.8) is 0 Å². The molecular weight excluding hydrogens is 256 g/mol. The molecule has 0 heterocycles. The summed E-state index contributed by atoms with van der Waals surface area (Å²) in [5, 5.41) is 9.91. The number of aliphatic hydroxyl groups is 1. The largest absolute Gasteiger partial charge is 0.508 e. The summed E-state index contributed by atoms with van der Waals surface area (Å²) >= 11 is 0. The Morgan fingerprint density at radius 3 is 2.38 bits per heavy atom. The van der Waals surface area contributed by atoms with Crippen LogP contribution in [0.15, 0.2) is 58.4 Å². The maximum absolute atomic E-state index is 9.91. The smallest absolute Gasteiger partial charge is 0.116 e. The molecule has 0 radical (unpaired) electrons. The van der Waals surface area contributed by atoms with Crippen molar-refractivity contribution < 1.29 is 5.11 Å². The topological polar surface area (TPSA) is 20.2 Å². The summed E-state index contributed by atoms with van der Waals surface area (Å²) in [6.45, 7) is 12.9. The molecule has 116 valence electrons. The molecule has 0 unspecified atom stereocenters. The Balaban J connectivity index is 2.92. The highest BCUT2D eigenvalue weighted by atomic mass is 16.3. The molecule has 21 heavy (non-hydrogen) atoms. The third-order valence-electron chi connectivity index (χ3n) is 4.26. The number of aliphatic hydroxyl groups excluding tert-OH is 1. The summed E-state index contributed by atoms with van der Waals surface area (Å²) in [4.78, 5) is 0. The fourth-order valence-electron chi connectivity index (χ4n) is 2.86. The Morgan fingerprint density at radius 2 is 1.81 bits per heavy atom. The Bertz CT molecular complexity index is 522. The van der Waals surface area contributed by atoms with Crippen LogP contribution in [0.3, 0.4) is 0 Å². The van der Waals surface area contributed by atoms with Gasteiger partial charge >= 0.3 is 0 Å². The second-order valence-corrected chi connectivity index (χ2v) is 6.76. The summed E-state index contributed by atoms with van der Waals surface area (Å²) in [6, 6.07) is 0. The van der Waals surface area contributed by atoms with Crippen molar-refractivity contribution in [2.45, 2.75) is 60.8 Å². The first-order chi connectivity index (χ1) is 9.76. The molecule has 1 rings (SSSR count). The summed E-state index contributed by atoms with van der Waals surface area (Å²) in [5.74, 6) is 0.307. The second-order valence-electron chi connectivity index (χ2n) is 6.76. The highest BCUT2D eigenvalue weighted by Crippen LogP contribution is 2.40. The fraction of sp³-hybridized carbons (Fsp3) is 0.500. The SMILES string of the molecule is CC=C(C)C=C(O)C=C(C)C=CC1=C(C)CCCC1(C)C. The molecule has 1 N–H and O–H groups in total. The first kappa shape index (κ1) is 17.6. The van der Waals surface area contributed by atoms with E-state index >= 15 is 0 Å². The molecule has 0 saturated carbocycles. The average molecular weight is 286 g/mol. The molecule has 0 aromatic rings. The molecule has 0 aliphatic heterocycles. The van der Waals surface area contributed by atoms with Gasteiger partial charge in [0, 0.05) is 0 Å². The van der Waals surface area contributed by atoms with Gasteiger partial charge < -0.3 is 5.11 Å². The minimum atomic E-state index is 0.262. The van der Waals surface area contributed by atoms with Gasteiger partial charge in [-0.15, -0.1) is 0 Å². The van der Waals surface area contributed by atoms with Crippen molar-refractivity contribution in [2.24, 2.45) is 5.41 Å². The van der Waals surface area contributed by atoms with E-state index in [4.69, 9.17) is 0 Å². The molecule has 0 aromatic carbocycles. The van der Waals surface area contributed by atoms with Crippen LogP contribution in [0.1, 0.15) is 60.8 Å². The van der Waals surface area contributed by atoms with Crippen LogP contribution in [0.25, 0.3) is 0 Å². The van der Waals surface area contributed by atoms with Crippen LogP contribution in [0.5, 0.6) is 0 Å². The predicted octanol–water partition coefficient (Wildman–Crippen LogP) is 6.42. The van der Waals surface area contributed by atoms with E-state index in [2.05, 4.69) is 32.9 Å². The zero-order valence-corrected chi connectivity index (χ0v) is 14.5. The Morgan fingerprint density at radius 1 is 1.14 bits per heavy atom. The van der Waals surface area contributed by atoms with Gasteiger partial charge in [-0.25, -0.2) is 0 Å². The van der Waals surface area contributed by atoms with Crippen molar-refractivity contribution in [1.29, 1.82) is 0 Å². The minimum absolute atomic E-state index is 0.262. The Labute approximate surface area is 130 Å². The van der Waals surface area contributed by atoms with E-state index in [1.165, 1.54) is 30.4 Å². The molecule has 1 aliphatic carbocycles. The molecule has 0 bridgehead atoms. The van der Waals surface area contributed by atoms with Crippen LogP contribution in [0, 0.1) is 5.41 Å². The van der Waals surface area contributed by atoms with Crippen molar-refractivity contribution in [2.75, 3.05) is 0 Å². The fourth-order valence-corrected chi connectivity index (χ4v) is 2.86. The molecule has 0 atom stereocenters. The lowest BCUT2D eigenvalue weighted by Gasteiger charge is -2.32. The summed E-state index contributed by atoms with van der Waals surface area (Å²) < 4.78 is 0. The molecule has 1 heteroatoms. The van der Waals surface area contributed by atoms with E-state index in [0.29, 0.717) is 5.76 Å². The van der Waals surface area contributed by atoms with Crippen LogP contribution < -0.4 is 0 Å². The molecule has 0 aromatic heterocycles. The Kier molecular flexibility index (Phi) is 6.26. The van der Waals surface area contributed by atoms with Gasteiger partial charge in [0.05, 0.1) is 0 Å². The standard InChI is InChI=1S/C20H30O/c1-7-15(2)13-18(21)14-16(3)10-11-19-17(4)9-8-12-20(19,5)6/h7,10-11,13-14,21H,8-9,12H2,1-6H3. The predicted molar refractivity (Wildman–Crippen MR) is 93.4 cm³/mol. The van der Waals surface area contributed by atoms with E-state index in [0.717, 1.165) is 11.1 Å². The highest BCUT2D eigenvalue weighted by Gasteiger charge is 2.26. The lowest BCUT2D eigenvalue weighted by molar-refractivity contribution is 0.377. The van der Waals surface area contributed by atoms with Crippen LogP contribution in [-0.2, 0) is 0 Å². The van der Waals surface area contributed by atoms with Gasteiger partial charge in [0.15, 0.2) is 0 Å². The zero-order chi connectivity index (χ0) is 16.0. The van der Waals surface area contributed by atoms with Gasteiger partial charge in [0.25, 0.3) is 0 Å². The Hall–Kier alpha value is -1.50. The summed E-state index contributed by atoms with van der Waals surface area (Å²) in [6.07, 6.45) is 13.7. The van der Waals surface area contributed by atoms with E-state index in [1.54, 1.807) is 6.08 Å². The molecule has 0 spiro atoms.